The molecule has 2 aromatic heterocycles. The molecule has 0 amide bonds. The number of nitrogens with one attached hydrogen (secondary N) is 1. The van der Waals surface area contributed by atoms with Crippen LogP contribution in [0.5, 0.6) is 0 Å². The summed E-state index contributed by atoms with van der Waals surface area (Å²) in [5.74, 6) is -1.27. The molecular weight excluding hydrogens is 338 g/mol. The maximum atomic E-state index is 12.3. The monoisotopic (exact) mass is 349 g/mol. The van der Waals surface area contributed by atoms with E-state index in [1.54, 1.807) is 13.0 Å². The van der Waals surface area contributed by atoms with Gasteiger partial charge in [0.05, 0.1) is 21.8 Å². The highest BCUT2D eigenvalue weighted by Gasteiger charge is 2.28. The fraction of sp³-hybridized carbons (Fsp3) is 0.250. The first-order valence-electron chi connectivity index (χ1n) is 5.82. The molecule has 1 unspecified atom stereocenters. The normalized spacial score (nSPS) is 13.2. The fourth-order valence-electron chi connectivity index (χ4n) is 1.77. The van der Waals surface area contributed by atoms with Crippen molar-refractivity contribution < 1.29 is 22.7 Å². The molecular formula is C12H12ClNO5S2. The Bertz CT molecular complexity index is 736. The van der Waals surface area contributed by atoms with Gasteiger partial charge in [-0.05, 0) is 24.6 Å². The van der Waals surface area contributed by atoms with E-state index in [2.05, 4.69) is 4.72 Å². The Morgan fingerprint density at radius 1 is 1.57 bits per heavy atom. The van der Waals surface area contributed by atoms with Crippen molar-refractivity contribution in [2.24, 2.45) is 0 Å². The topological polar surface area (TPSA) is 96.6 Å². The van der Waals surface area contributed by atoms with Gasteiger partial charge in [0.25, 0.3) is 0 Å². The van der Waals surface area contributed by atoms with Crippen molar-refractivity contribution in [3.05, 3.63) is 39.4 Å². The van der Waals surface area contributed by atoms with Crippen molar-refractivity contribution >= 4 is 38.9 Å². The van der Waals surface area contributed by atoms with Gasteiger partial charge in [-0.25, -0.2) is 8.42 Å². The number of thiophene rings is 1. The highest BCUT2D eigenvalue weighted by Crippen LogP contribution is 2.29. The Morgan fingerprint density at radius 2 is 2.29 bits per heavy atom. The Hall–Kier alpha value is -1.35. The van der Waals surface area contributed by atoms with E-state index in [9.17, 15) is 18.3 Å². The van der Waals surface area contributed by atoms with Crippen LogP contribution in [-0.2, 0) is 21.2 Å². The van der Waals surface area contributed by atoms with Gasteiger partial charge in [0.2, 0.25) is 10.0 Å². The number of furan rings is 1. The third kappa shape index (κ3) is 3.85. The number of hydrogen-bond acceptors (Lipinski definition) is 5. The van der Waals surface area contributed by atoms with Gasteiger partial charge in [0.15, 0.2) is 0 Å². The predicted molar refractivity (Wildman–Crippen MR) is 78.2 cm³/mol. The van der Waals surface area contributed by atoms with Crippen LogP contribution in [0.3, 0.4) is 0 Å². The van der Waals surface area contributed by atoms with Gasteiger partial charge in [-0.3, -0.25) is 4.79 Å². The number of carbonyl (C=O) groups is 1. The first-order valence-corrected chi connectivity index (χ1v) is 8.49. The van der Waals surface area contributed by atoms with E-state index < -0.39 is 22.0 Å². The summed E-state index contributed by atoms with van der Waals surface area (Å²) >= 11 is 6.90. The maximum Gasteiger partial charge on any atom is 0.322 e. The molecule has 21 heavy (non-hydrogen) atoms. The number of rotatable bonds is 6. The Balaban J connectivity index is 2.23. The summed E-state index contributed by atoms with van der Waals surface area (Å²) in [7, 11) is -3.95. The third-order valence-corrected chi connectivity index (χ3v) is 5.65. The first-order chi connectivity index (χ1) is 9.79. The van der Waals surface area contributed by atoms with Crippen LogP contribution in [0.1, 0.15) is 10.4 Å². The van der Waals surface area contributed by atoms with Crippen molar-refractivity contribution in [3.8, 4) is 0 Å². The lowest BCUT2D eigenvalue weighted by molar-refractivity contribution is -0.138. The number of sulfonamides is 1. The number of aryl methyl sites for hydroxylation is 1. The van der Waals surface area contributed by atoms with Crippen LogP contribution < -0.4 is 4.72 Å². The standard InChI is InChI=1S/C12H12ClNO5S2/c1-7-10(5-11(13)20-7)21(17,18)14-9(12(15)16)4-8-2-3-19-6-8/h2-3,5-6,9,14H,4H2,1H3,(H,15,16). The second kappa shape index (κ2) is 6.18. The van der Waals surface area contributed by atoms with E-state index in [4.69, 9.17) is 16.0 Å². The van der Waals surface area contributed by atoms with E-state index in [0.29, 0.717) is 14.8 Å². The van der Waals surface area contributed by atoms with Gasteiger partial charge in [-0.2, -0.15) is 4.72 Å². The third-order valence-electron chi connectivity index (χ3n) is 2.75. The molecule has 6 nitrogen and oxygen atoms in total. The highest BCUT2D eigenvalue weighted by atomic mass is 35.5. The second-order valence-corrected chi connectivity index (χ2v) is 7.89. The molecule has 0 aromatic carbocycles. The van der Waals surface area contributed by atoms with Crippen LogP contribution in [-0.4, -0.2) is 25.5 Å². The molecule has 2 rings (SSSR count). The fourth-order valence-corrected chi connectivity index (χ4v) is 4.79. The lowest BCUT2D eigenvalue weighted by atomic mass is 10.1. The lowest BCUT2D eigenvalue weighted by Crippen LogP contribution is -2.42. The lowest BCUT2D eigenvalue weighted by Gasteiger charge is -2.13. The highest BCUT2D eigenvalue weighted by molar-refractivity contribution is 7.89. The Labute approximate surface area is 130 Å². The van der Waals surface area contributed by atoms with E-state index in [1.165, 1.54) is 18.6 Å². The molecule has 0 radical (unpaired) electrons. The van der Waals surface area contributed by atoms with Crippen molar-refractivity contribution in [1.82, 2.24) is 4.72 Å². The smallest absolute Gasteiger partial charge is 0.322 e. The Kier molecular flexibility index (Phi) is 4.72. The average Bonchev–Trinajstić information content (AvgIpc) is 2.98. The zero-order chi connectivity index (χ0) is 15.6. The molecule has 0 fully saturated rings. The van der Waals surface area contributed by atoms with Crippen LogP contribution in [0.25, 0.3) is 0 Å². The minimum atomic E-state index is -3.95. The van der Waals surface area contributed by atoms with Gasteiger partial charge in [0.1, 0.15) is 6.04 Å². The molecule has 9 heteroatoms. The summed E-state index contributed by atoms with van der Waals surface area (Å²) in [5.41, 5.74) is 0.588. The largest absolute Gasteiger partial charge is 0.480 e. The molecule has 0 aliphatic carbocycles. The predicted octanol–water partition coefficient (Wildman–Crippen LogP) is 2.28. The van der Waals surface area contributed by atoms with Crippen LogP contribution in [0.2, 0.25) is 4.34 Å². The number of halogens is 1. The van der Waals surface area contributed by atoms with E-state index in [-0.39, 0.29) is 11.3 Å². The quantitative estimate of drug-likeness (QED) is 0.833. The van der Waals surface area contributed by atoms with Crippen molar-refractivity contribution in [2.75, 3.05) is 0 Å². The van der Waals surface area contributed by atoms with Crippen LogP contribution in [0.4, 0.5) is 0 Å². The van der Waals surface area contributed by atoms with Gasteiger partial charge >= 0.3 is 5.97 Å². The molecule has 1 atom stereocenters. The second-order valence-electron chi connectivity index (χ2n) is 4.32. The summed E-state index contributed by atoms with van der Waals surface area (Å²) in [5, 5.41) is 9.18. The maximum absolute atomic E-state index is 12.3. The molecule has 2 heterocycles. The first kappa shape index (κ1) is 16.0. The molecule has 0 saturated heterocycles. The molecule has 0 saturated carbocycles. The number of carboxylic acid groups (broad SMARTS) is 1. The molecule has 0 bridgehead atoms. The van der Waals surface area contributed by atoms with Gasteiger partial charge in [-0.1, -0.05) is 11.6 Å². The summed E-state index contributed by atoms with van der Waals surface area (Å²) in [6.07, 6.45) is 2.75. The molecule has 0 aliphatic heterocycles. The number of hydrogen-bond donors (Lipinski definition) is 2. The Morgan fingerprint density at radius 3 is 2.76 bits per heavy atom. The van der Waals surface area contributed by atoms with Crippen molar-refractivity contribution in [2.45, 2.75) is 24.3 Å². The summed E-state index contributed by atoms with van der Waals surface area (Å²) in [4.78, 5) is 11.7. The minimum Gasteiger partial charge on any atom is -0.480 e. The molecule has 114 valence electrons. The van der Waals surface area contributed by atoms with Gasteiger partial charge < -0.3 is 9.52 Å². The van der Waals surface area contributed by atoms with Gasteiger partial charge in [-0.15, -0.1) is 11.3 Å². The van der Waals surface area contributed by atoms with Crippen molar-refractivity contribution in [1.29, 1.82) is 0 Å². The summed E-state index contributed by atoms with van der Waals surface area (Å²) in [6.45, 7) is 1.61. The SMILES string of the molecule is Cc1sc(Cl)cc1S(=O)(=O)NC(Cc1ccoc1)C(=O)O. The number of aliphatic carboxylic acids is 1. The average molecular weight is 350 g/mol. The zero-order valence-corrected chi connectivity index (χ0v) is 13.3. The van der Waals surface area contributed by atoms with Crippen LogP contribution >= 0.6 is 22.9 Å². The van der Waals surface area contributed by atoms with Crippen LogP contribution in [0, 0.1) is 6.92 Å². The van der Waals surface area contributed by atoms with E-state index in [1.807, 2.05) is 0 Å². The van der Waals surface area contributed by atoms with Crippen LogP contribution in [0.15, 0.2) is 34.0 Å². The molecule has 0 spiro atoms. The van der Waals surface area contributed by atoms with E-state index in [0.717, 1.165) is 11.3 Å². The van der Waals surface area contributed by atoms with Gasteiger partial charge in [0, 0.05) is 11.3 Å². The minimum absolute atomic E-state index is 0.00376. The summed E-state index contributed by atoms with van der Waals surface area (Å²) < 4.78 is 31.9. The summed E-state index contributed by atoms with van der Waals surface area (Å²) in [6, 6.07) is 1.60. The van der Waals surface area contributed by atoms with Crippen molar-refractivity contribution in [3.63, 3.8) is 0 Å². The molecule has 2 aromatic rings. The number of carboxylic acids is 1. The zero-order valence-electron chi connectivity index (χ0n) is 10.9. The van der Waals surface area contributed by atoms with E-state index >= 15 is 0 Å². The molecule has 0 aliphatic rings. The molecule has 2 N–H and O–H groups in total.